The first-order valence-corrected chi connectivity index (χ1v) is 7.20. The highest BCUT2D eigenvalue weighted by Crippen LogP contribution is 2.22. The molecule has 0 saturated heterocycles. The van der Waals surface area contributed by atoms with E-state index in [1.165, 1.54) is 5.56 Å². The summed E-state index contributed by atoms with van der Waals surface area (Å²) >= 11 is 0. The predicted octanol–water partition coefficient (Wildman–Crippen LogP) is 3.33. The van der Waals surface area contributed by atoms with E-state index in [4.69, 9.17) is 0 Å². The van der Waals surface area contributed by atoms with Gasteiger partial charge in [-0.1, -0.05) is 19.1 Å². The number of nitrogens with zero attached hydrogens (tertiary/aromatic N) is 4. The van der Waals surface area contributed by atoms with Gasteiger partial charge in [0.25, 0.3) is 0 Å². The molecule has 0 fully saturated rings. The summed E-state index contributed by atoms with van der Waals surface area (Å²) in [6.07, 6.45) is 4.42. The Morgan fingerprint density at radius 2 is 2.10 bits per heavy atom. The van der Waals surface area contributed by atoms with Gasteiger partial charge in [-0.25, -0.2) is 15.0 Å². The summed E-state index contributed by atoms with van der Waals surface area (Å²) in [5, 5.41) is 3.38. The van der Waals surface area contributed by atoms with E-state index in [1.807, 2.05) is 10.6 Å². The summed E-state index contributed by atoms with van der Waals surface area (Å²) in [5.74, 6) is 0.792. The van der Waals surface area contributed by atoms with E-state index < -0.39 is 0 Å². The van der Waals surface area contributed by atoms with Gasteiger partial charge in [-0.05, 0) is 38.0 Å². The molecule has 1 N–H and O–H groups in total. The van der Waals surface area contributed by atoms with Crippen molar-refractivity contribution in [3.63, 3.8) is 0 Å². The number of benzene rings is 1. The lowest BCUT2D eigenvalue weighted by Crippen LogP contribution is -2.15. The molecule has 5 heteroatoms. The van der Waals surface area contributed by atoms with Gasteiger partial charge in [0.2, 0.25) is 0 Å². The van der Waals surface area contributed by atoms with Crippen molar-refractivity contribution in [2.75, 3.05) is 5.32 Å². The lowest BCUT2D eigenvalue weighted by Gasteiger charge is -2.12. The largest absolute Gasteiger partial charge is 0.366 e. The fourth-order valence-corrected chi connectivity index (χ4v) is 2.24. The summed E-state index contributed by atoms with van der Waals surface area (Å²) in [5.41, 5.74) is 3.90. The third-order valence-corrected chi connectivity index (χ3v) is 3.61. The highest BCUT2D eigenvalue weighted by atomic mass is 15.1. The van der Waals surface area contributed by atoms with Crippen LogP contribution in [0.25, 0.3) is 16.9 Å². The second-order valence-corrected chi connectivity index (χ2v) is 5.30. The summed E-state index contributed by atoms with van der Waals surface area (Å²) in [6, 6.07) is 8.64. The number of hydrogen-bond donors (Lipinski definition) is 1. The van der Waals surface area contributed by atoms with E-state index in [0.717, 1.165) is 29.1 Å². The molecule has 0 radical (unpaired) electrons. The Hall–Kier alpha value is -2.43. The van der Waals surface area contributed by atoms with Crippen molar-refractivity contribution < 1.29 is 0 Å². The zero-order valence-corrected chi connectivity index (χ0v) is 12.5. The summed E-state index contributed by atoms with van der Waals surface area (Å²) < 4.78 is 1.99. The van der Waals surface area contributed by atoms with E-state index in [1.54, 1.807) is 12.7 Å². The van der Waals surface area contributed by atoms with E-state index in [-0.39, 0.29) is 0 Å². The molecule has 5 nitrogen and oxygen atoms in total. The third kappa shape index (κ3) is 2.59. The SMILES string of the molecule is CC[C@H](C)Nc1ncnc2c1ncn2-c1cccc(C)c1. The van der Waals surface area contributed by atoms with Gasteiger partial charge < -0.3 is 5.32 Å². The Labute approximate surface area is 124 Å². The fraction of sp³-hybridized carbons (Fsp3) is 0.312. The van der Waals surface area contributed by atoms with Crippen molar-refractivity contribution in [2.24, 2.45) is 0 Å². The number of fused-ring (bicyclic) bond motifs is 1. The molecule has 108 valence electrons. The first-order chi connectivity index (χ1) is 10.2. The molecule has 0 unspecified atom stereocenters. The maximum Gasteiger partial charge on any atom is 0.170 e. The maximum absolute atomic E-state index is 4.49. The first kappa shape index (κ1) is 13.5. The quantitative estimate of drug-likeness (QED) is 0.797. The first-order valence-electron chi connectivity index (χ1n) is 7.20. The lowest BCUT2D eigenvalue weighted by atomic mass is 10.2. The minimum atomic E-state index is 0.354. The van der Waals surface area contributed by atoms with Gasteiger partial charge >= 0.3 is 0 Å². The smallest absolute Gasteiger partial charge is 0.170 e. The van der Waals surface area contributed by atoms with Crippen LogP contribution in [0.1, 0.15) is 25.8 Å². The Bertz CT molecular complexity index is 762. The number of aryl methyl sites for hydroxylation is 1. The average molecular weight is 281 g/mol. The van der Waals surface area contributed by atoms with E-state index >= 15 is 0 Å². The summed E-state index contributed by atoms with van der Waals surface area (Å²) in [7, 11) is 0. The Balaban J connectivity index is 2.09. The minimum absolute atomic E-state index is 0.354. The van der Waals surface area contributed by atoms with Crippen LogP contribution in [0.15, 0.2) is 36.9 Å². The molecule has 0 saturated carbocycles. The van der Waals surface area contributed by atoms with Crippen LogP contribution in [0.5, 0.6) is 0 Å². The number of hydrogen-bond acceptors (Lipinski definition) is 4. The molecule has 0 amide bonds. The van der Waals surface area contributed by atoms with Gasteiger partial charge in [0.15, 0.2) is 17.0 Å². The van der Waals surface area contributed by atoms with Crippen LogP contribution in [-0.2, 0) is 0 Å². The lowest BCUT2D eigenvalue weighted by molar-refractivity contribution is 0.760. The fourth-order valence-electron chi connectivity index (χ4n) is 2.24. The van der Waals surface area contributed by atoms with Crippen LogP contribution < -0.4 is 5.32 Å². The zero-order chi connectivity index (χ0) is 14.8. The zero-order valence-electron chi connectivity index (χ0n) is 12.5. The predicted molar refractivity (Wildman–Crippen MR) is 84.8 cm³/mol. The molecule has 0 aliphatic carbocycles. The molecule has 21 heavy (non-hydrogen) atoms. The maximum atomic E-state index is 4.49. The summed E-state index contributed by atoms with van der Waals surface area (Å²) in [4.78, 5) is 13.2. The van der Waals surface area contributed by atoms with Crippen molar-refractivity contribution in [1.29, 1.82) is 0 Å². The molecule has 2 aromatic heterocycles. The average Bonchev–Trinajstić information content (AvgIpc) is 2.92. The molecule has 0 spiro atoms. The molecule has 1 atom stereocenters. The highest BCUT2D eigenvalue weighted by molar-refractivity contribution is 5.84. The van der Waals surface area contributed by atoms with Crippen LogP contribution in [0.3, 0.4) is 0 Å². The molecular weight excluding hydrogens is 262 g/mol. The van der Waals surface area contributed by atoms with Crippen molar-refractivity contribution >= 4 is 17.0 Å². The van der Waals surface area contributed by atoms with Crippen LogP contribution in [0.2, 0.25) is 0 Å². The molecule has 0 bridgehead atoms. The van der Waals surface area contributed by atoms with Crippen LogP contribution in [0, 0.1) is 6.92 Å². The van der Waals surface area contributed by atoms with E-state index in [0.29, 0.717) is 6.04 Å². The molecule has 1 aromatic carbocycles. The van der Waals surface area contributed by atoms with Crippen molar-refractivity contribution in [3.05, 3.63) is 42.5 Å². The molecule has 3 aromatic rings. The second-order valence-electron chi connectivity index (χ2n) is 5.30. The number of aromatic nitrogens is 4. The number of rotatable bonds is 4. The van der Waals surface area contributed by atoms with Crippen molar-refractivity contribution in [2.45, 2.75) is 33.2 Å². The number of imidazole rings is 1. The Morgan fingerprint density at radius 3 is 2.86 bits per heavy atom. The number of anilines is 1. The van der Waals surface area contributed by atoms with Gasteiger partial charge in [-0.2, -0.15) is 0 Å². The van der Waals surface area contributed by atoms with Crippen LogP contribution in [-0.4, -0.2) is 25.6 Å². The minimum Gasteiger partial charge on any atom is -0.366 e. The van der Waals surface area contributed by atoms with Crippen molar-refractivity contribution in [3.8, 4) is 5.69 Å². The standard InChI is InChI=1S/C16H19N5/c1-4-12(3)20-15-14-16(18-9-17-15)21(10-19-14)13-7-5-6-11(2)8-13/h5-10,12H,4H2,1-3H3,(H,17,18,20)/t12-/m0/s1. The van der Waals surface area contributed by atoms with Crippen LogP contribution in [0.4, 0.5) is 5.82 Å². The molecule has 3 rings (SSSR count). The third-order valence-electron chi connectivity index (χ3n) is 3.61. The normalized spacial score (nSPS) is 12.5. The van der Waals surface area contributed by atoms with Gasteiger partial charge in [0.05, 0.1) is 0 Å². The van der Waals surface area contributed by atoms with Crippen LogP contribution >= 0.6 is 0 Å². The molecular formula is C16H19N5. The highest BCUT2D eigenvalue weighted by Gasteiger charge is 2.12. The Morgan fingerprint density at radius 1 is 1.24 bits per heavy atom. The molecule has 0 aliphatic rings. The van der Waals surface area contributed by atoms with Gasteiger partial charge in [0.1, 0.15) is 12.7 Å². The summed E-state index contributed by atoms with van der Waals surface area (Å²) in [6.45, 7) is 6.35. The second kappa shape index (κ2) is 5.52. The monoisotopic (exact) mass is 281 g/mol. The molecule has 2 heterocycles. The van der Waals surface area contributed by atoms with E-state index in [9.17, 15) is 0 Å². The van der Waals surface area contributed by atoms with Gasteiger partial charge in [-0.15, -0.1) is 0 Å². The van der Waals surface area contributed by atoms with Gasteiger partial charge in [0, 0.05) is 11.7 Å². The van der Waals surface area contributed by atoms with E-state index in [2.05, 4.69) is 59.2 Å². The Kier molecular flexibility index (Phi) is 3.56. The topological polar surface area (TPSA) is 55.6 Å². The van der Waals surface area contributed by atoms with Crippen molar-refractivity contribution in [1.82, 2.24) is 19.5 Å². The number of nitrogens with one attached hydrogen (secondary N) is 1. The molecule has 0 aliphatic heterocycles. The van der Waals surface area contributed by atoms with Gasteiger partial charge in [-0.3, -0.25) is 4.57 Å².